The van der Waals surface area contributed by atoms with E-state index in [2.05, 4.69) is 31.1 Å². The monoisotopic (exact) mass is 285 g/mol. The second kappa shape index (κ2) is 6.92. The van der Waals surface area contributed by atoms with Gasteiger partial charge in [-0.3, -0.25) is 9.69 Å². The highest BCUT2D eigenvalue weighted by molar-refractivity contribution is 5.74. The summed E-state index contributed by atoms with van der Waals surface area (Å²) in [6, 6.07) is -0.0880. The lowest BCUT2D eigenvalue weighted by Crippen LogP contribution is -2.60. The summed E-state index contributed by atoms with van der Waals surface area (Å²) >= 11 is 0. The predicted molar refractivity (Wildman–Crippen MR) is 77.7 cm³/mol. The number of aliphatic carboxylic acids is 1. The van der Waals surface area contributed by atoms with Gasteiger partial charge in [-0.2, -0.15) is 0 Å². The van der Waals surface area contributed by atoms with Crippen LogP contribution in [0.3, 0.4) is 0 Å². The molecule has 2 N–H and O–H groups in total. The number of likely N-dealkylation sites (N-methyl/N-ethyl adjacent to an activating group) is 1. The lowest BCUT2D eigenvalue weighted by molar-refractivity contribution is -0.138. The molecule has 116 valence electrons. The number of urea groups is 1. The molecule has 0 aromatic heterocycles. The Labute approximate surface area is 121 Å². The molecule has 6 nitrogen and oxygen atoms in total. The van der Waals surface area contributed by atoms with Gasteiger partial charge in [0, 0.05) is 38.1 Å². The van der Waals surface area contributed by atoms with Crippen molar-refractivity contribution in [2.24, 2.45) is 5.92 Å². The maximum atomic E-state index is 12.1. The molecule has 1 fully saturated rings. The lowest BCUT2D eigenvalue weighted by Gasteiger charge is -2.45. The molecule has 2 amide bonds. The largest absolute Gasteiger partial charge is 0.481 e. The first-order valence-corrected chi connectivity index (χ1v) is 7.22. The minimum atomic E-state index is -0.813. The molecule has 6 heteroatoms. The number of piperazine rings is 1. The van der Waals surface area contributed by atoms with Gasteiger partial charge in [-0.15, -0.1) is 0 Å². The zero-order valence-electron chi connectivity index (χ0n) is 13.0. The average Bonchev–Trinajstić information content (AvgIpc) is 2.36. The van der Waals surface area contributed by atoms with Gasteiger partial charge in [0.1, 0.15) is 0 Å². The van der Waals surface area contributed by atoms with Crippen LogP contribution in [0.5, 0.6) is 0 Å². The van der Waals surface area contributed by atoms with Crippen LogP contribution in [0.25, 0.3) is 0 Å². The number of carboxylic acids is 1. The maximum absolute atomic E-state index is 12.1. The van der Waals surface area contributed by atoms with Gasteiger partial charge in [0.25, 0.3) is 0 Å². The van der Waals surface area contributed by atoms with E-state index >= 15 is 0 Å². The molecule has 0 aromatic rings. The Morgan fingerprint density at radius 1 is 1.35 bits per heavy atom. The number of carboxylic acid groups (broad SMARTS) is 1. The maximum Gasteiger partial charge on any atom is 0.317 e. The smallest absolute Gasteiger partial charge is 0.317 e. The van der Waals surface area contributed by atoms with E-state index in [0.29, 0.717) is 19.6 Å². The van der Waals surface area contributed by atoms with Crippen LogP contribution in [0.1, 0.15) is 33.6 Å². The fourth-order valence-corrected chi connectivity index (χ4v) is 2.36. The predicted octanol–water partition coefficient (Wildman–Crippen LogP) is 1.22. The van der Waals surface area contributed by atoms with Gasteiger partial charge in [0.2, 0.25) is 0 Å². The molecule has 1 unspecified atom stereocenters. The Hall–Kier alpha value is -1.30. The number of carbonyl (C=O) groups excluding carboxylic acids is 1. The standard InChI is InChI=1S/C14H27N3O3/c1-5-11(8-12(18)19)9-15-13(20)17-7-6-16(4)14(2,3)10-17/h11H,5-10H2,1-4H3,(H,15,20)(H,18,19). The van der Waals surface area contributed by atoms with E-state index < -0.39 is 5.97 Å². The first-order valence-electron chi connectivity index (χ1n) is 7.22. The molecule has 1 heterocycles. The van der Waals surface area contributed by atoms with Crippen molar-refractivity contribution < 1.29 is 14.7 Å². The van der Waals surface area contributed by atoms with Gasteiger partial charge < -0.3 is 15.3 Å². The number of hydrogen-bond acceptors (Lipinski definition) is 3. The van der Waals surface area contributed by atoms with Crippen molar-refractivity contribution in [2.45, 2.75) is 39.2 Å². The SMILES string of the molecule is CCC(CNC(=O)N1CCN(C)C(C)(C)C1)CC(=O)O. The molecule has 1 saturated heterocycles. The second-order valence-electron chi connectivity index (χ2n) is 6.21. The van der Waals surface area contributed by atoms with Gasteiger partial charge >= 0.3 is 12.0 Å². The third-order valence-electron chi connectivity index (χ3n) is 4.19. The van der Waals surface area contributed by atoms with Crippen molar-refractivity contribution in [2.75, 3.05) is 33.2 Å². The number of nitrogens with one attached hydrogen (secondary N) is 1. The fourth-order valence-electron chi connectivity index (χ4n) is 2.36. The average molecular weight is 285 g/mol. The van der Waals surface area contributed by atoms with Crippen LogP contribution >= 0.6 is 0 Å². The van der Waals surface area contributed by atoms with Crippen molar-refractivity contribution in [3.63, 3.8) is 0 Å². The van der Waals surface area contributed by atoms with Crippen LogP contribution in [0, 0.1) is 5.92 Å². The van der Waals surface area contributed by atoms with E-state index in [4.69, 9.17) is 5.11 Å². The van der Waals surface area contributed by atoms with Gasteiger partial charge in [0.05, 0.1) is 0 Å². The van der Waals surface area contributed by atoms with Crippen molar-refractivity contribution >= 4 is 12.0 Å². The minimum Gasteiger partial charge on any atom is -0.481 e. The number of carbonyl (C=O) groups is 2. The number of hydrogen-bond donors (Lipinski definition) is 2. The molecule has 20 heavy (non-hydrogen) atoms. The number of nitrogens with zero attached hydrogens (tertiary/aromatic N) is 2. The number of rotatable bonds is 5. The summed E-state index contributed by atoms with van der Waals surface area (Å²) in [6.07, 6.45) is 0.853. The van der Waals surface area contributed by atoms with Gasteiger partial charge in [-0.25, -0.2) is 4.79 Å². The molecule has 0 radical (unpaired) electrons. The summed E-state index contributed by atoms with van der Waals surface area (Å²) in [7, 11) is 2.06. The minimum absolute atomic E-state index is 0.00285. The summed E-state index contributed by atoms with van der Waals surface area (Å²) < 4.78 is 0. The summed E-state index contributed by atoms with van der Waals surface area (Å²) in [5.41, 5.74) is -0.0270. The van der Waals surface area contributed by atoms with Crippen LogP contribution in [0.4, 0.5) is 4.79 Å². The first-order chi connectivity index (χ1) is 9.26. The van der Waals surface area contributed by atoms with Crippen LogP contribution in [0.2, 0.25) is 0 Å². The first kappa shape index (κ1) is 16.8. The van der Waals surface area contributed by atoms with E-state index in [9.17, 15) is 9.59 Å². The van der Waals surface area contributed by atoms with Gasteiger partial charge in [-0.05, 0) is 26.8 Å². The van der Waals surface area contributed by atoms with E-state index in [0.717, 1.165) is 13.0 Å². The topological polar surface area (TPSA) is 72.9 Å². The molecule has 0 spiro atoms. The third kappa shape index (κ3) is 4.67. The highest BCUT2D eigenvalue weighted by atomic mass is 16.4. The van der Waals surface area contributed by atoms with Crippen molar-refractivity contribution in [3.8, 4) is 0 Å². The highest BCUT2D eigenvalue weighted by Gasteiger charge is 2.33. The zero-order valence-corrected chi connectivity index (χ0v) is 13.0. The fraction of sp³-hybridized carbons (Fsp3) is 0.857. The van der Waals surface area contributed by atoms with Crippen LogP contribution < -0.4 is 5.32 Å². The Kier molecular flexibility index (Phi) is 5.80. The van der Waals surface area contributed by atoms with Crippen LogP contribution in [-0.2, 0) is 4.79 Å². The van der Waals surface area contributed by atoms with Crippen LogP contribution in [0.15, 0.2) is 0 Å². The molecule has 0 aliphatic carbocycles. The second-order valence-corrected chi connectivity index (χ2v) is 6.21. The van der Waals surface area contributed by atoms with Crippen molar-refractivity contribution in [1.82, 2.24) is 15.1 Å². The Morgan fingerprint density at radius 2 is 2.00 bits per heavy atom. The summed E-state index contributed by atoms with van der Waals surface area (Å²) in [5, 5.41) is 11.7. The molecule has 0 bridgehead atoms. The summed E-state index contributed by atoms with van der Waals surface area (Å²) in [4.78, 5) is 26.9. The van der Waals surface area contributed by atoms with Crippen LogP contribution in [-0.4, -0.2) is 65.7 Å². The zero-order chi connectivity index (χ0) is 15.3. The highest BCUT2D eigenvalue weighted by Crippen LogP contribution is 2.18. The molecular weight excluding hydrogens is 258 g/mol. The molecule has 1 atom stereocenters. The molecule has 0 aromatic carbocycles. The van der Waals surface area contributed by atoms with E-state index in [1.54, 1.807) is 0 Å². The Bertz CT molecular complexity index is 358. The third-order valence-corrected chi connectivity index (χ3v) is 4.19. The van der Waals surface area contributed by atoms with Gasteiger partial charge in [-0.1, -0.05) is 13.3 Å². The molecule has 1 aliphatic heterocycles. The molecule has 0 saturated carbocycles. The quantitative estimate of drug-likeness (QED) is 0.796. The number of amides is 2. The van der Waals surface area contributed by atoms with E-state index in [-0.39, 0.29) is 23.9 Å². The Morgan fingerprint density at radius 3 is 2.50 bits per heavy atom. The van der Waals surface area contributed by atoms with Gasteiger partial charge in [0.15, 0.2) is 0 Å². The Balaban J connectivity index is 2.45. The lowest BCUT2D eigenvalue weighted by atomic mass is 10.00. The van der Waals surface area contributed by atoms with Crippen molar-refractivity contribution in [3.05, 3.63) is 0 Å². The normalized spacial score (nSPS) is 20.5. The molecule has 1 rings (SSSR count). The molecule has 1 aliphatic rings. The van der Waals surface area contributed by atoms with E-state index in [1.165, 1.54) is 0 Å². The summed E-state index contributed by atoms with van der Waals surface area (Å²) in [5.74, 6) is -0.816. The summed E-state index contributed by atoms with van der Waals surface area (Å²) in [6.45, 7) is 8.85. The van der Waals surface area contributed by atoms with E-state index in [1.807, 2.05) is 11.8 Å². The molecular formula is C14H27N3O3. The van der Waals surface area contributed by atoms with Crippen molar-refractivity contribution in [1.29, 1.82) is 0 Å².